The van der Waals surface area contributed by atoms with Crippen molar-refractivity contribution in [2.45, 2.75) is 18.8 Å². The van der Waals surface area contributed by atoms with Crippen LogP contribution in [0.25, 0.3) is 0 Å². The average molecular weight is 311 g/mol. The van der Waals surface area contributed by atoms with Gasteiger partial charge in [-0.2, -0.15) is 17.0 Å². The standard InChI is InChI=1S/C14H21N3O3S/c18-21(19,16-8-10-20-11-9-16)17-7-1-2-14(12-17)13-3-5-15-6-4-13/h3-6,14H,1-2,7-12H2/t14-/m1/s1. The summed E-state index contributed by atoms with van der Waals surface area (Å²) >= 11 is 0. The van der Waals surface area contributed by atoms with Gasteiger partial charge in [0.05, 0.1) is 13.2 Å². The van der Waals surface area contributed by atoms with Crippen LogP contribution < -0.4 is 0 Å². The lowest BCUT2D eigenvalue weighted by atomic mass is 9.92. The Kier molecular flexibility index (Phi) is 4.54. The van der Waals surface area contributed by atoms with Crippen LogP contribution in [0.2, 0.25) is 0 Å². The quantitative estimate of drug-likeness (QED) is 0.830. The van der Waals surface area contributed by atoms with Gasteiger partial charge >= 0.3 is 0 Å². The van der Waals surface area contributed by atoms with Crippen molar-refractivity contribution in [2.24, 2.45) is 0 Å². The van der Waals surface area contributed by atoms with Crippen LogP contribution in [0.3, 0.4) is 0 Å². The fourth-order valence-electron chi connectivity index (χ4n) is 3.00. The van der Waals surface area contributed by atoms with Crippen molar-refractivity contribution in [3.63, 3.8) is 0 Å². The highest BCUT2D eigenvalue weighted by Gasteiger charge is 2.34. The predicted molar refractivity (Wildman–Crippen MR) is 79.1 cm³/mol. The van der Waals surface area contributed by atoms with Crippen LogP contribution in [-0.4, -0.2) is 61.4 Å². The number of hydrogen-bond acceptors (Lipinski definition) is 4. The Bertz CT molecular complexity index is 558. The molecule has 3 rings (SSSR count). The lowest BCUT2D eigenvalue weighted by molar-refractivity contribution is 0.0695. The lowest BCUT2D eigenvalue weighted by Crippen LogP contribution is -2.51. The van der Waals surface area contributed by atoms with Gasteiger partial charge in [0, 0.05) is 38.6 Å². The van der Waals surface area contributed by atoms with Crippen molar-refractivity contribution in [1.29, 1.82) is 0 Å². The van der Waals surface area contributed by atoms with E-state index in [1.165, 1.54) is 5.56 Å². The number of aromatic nitrogens is 1. The van der Waals surface area contributed by atoms with Gasteiger partial charge in [-0.1, -0.05) is 0 Å². The first-order chi connectivity index (χ1) is 10.2. The van der Waals surface area contributed by atoms with E-state index in [9.17, 15) is 8.42 Å². The number of morpholine rings is 1. The molecule has 3 heterocycles. The number of piperidine rings is 1. The van der Waals surface area contributed by atoms with E-state index in [1.54, 1.807) is 21.0 Å². The summed E-state index contributed by atoms with van der Waals surface area (Å²) in [4.78, 5) is 4.03. The molecule has 1 aromatic heterocycles. The van der Waals surface area contributed by atoms with Crippen LogP contribution in [0.5, 0.6) is 0 Å². The maximum atomic E-state index is 12.7. The van der Waals surface area contributed by atoms with Crippen LogP contribution in [0.1, 0.15) is 24.3 Å². The second-order valence-corrected chi connectivity index (χ2v) is 7.43. The van der Waals surface area contributed by atoms with Crippen molar-refractivity contribution in [2.75, 3.05) is 39.4 Å². The van der Waals surface area contributed by atoms with Crippen LogP contribution in [0.15, 0.2) is 24.5 Å². The summed E-state index contributed by atoms with van der Waals surface area (Å²) in [6, 6.07) is 3.96. The highest BCUT2D eigenvalue weighted by atomic mass is 32.2. The van der Waals surface area contributed by atoms with Gasteiger partial charge in [0.2, 0.25) is 0 Å². The lowest BCUT2D eigenvalue weighted by Gasteiger charge is -2.36. The zero-order valence-electron chi connectivity index (χ0n) is 12.0. The number of nitrogens with zero attached hydrogens (tertiary/aromatic N) is 3. The molecule has 0 saturated carbocycles. The Balaban J connectivity index is 1.73. The Morgan fingerprint density at radius 2 is 1.81 bits per heavy atom. The normalized spacial score (nSPS) is 25.8. The molecule has 0 aliphatic carbocycles. The minimum Gasteiger partial charge on any atom is -0.379 e. The minimum atomic E-state index is -3.35. The van der Waals surface area contributed by atoms with E-state index in [0.29, 0.717) is 39.4 Å². The van der Waals surface area contributed by atoms with E-state index in [4.69, 9.17) is 4.74 Å². The van der Waals surface area contributed by atoms with Crippen LogP contribution >= 0.6 is 0 Å². The zero-order valence-corrected chi connectivity index (χ0v) is 12.8. The number of pyridine rings is 1. The molecule has 1 aromatic rings. The molecule has 2 aliphatic rings. The van der Waals surface area contributed by atoms with Crippen molar-refractivity contribution in [1.82, 2.24) is 13.6 Å². The molecule has 6 nitrogen and oxygen atoms in total. The SMILES string of the molecule is O=S(=O)(N1CCOCC1)N1CCC[C@@H](c2ccncc2)C1. The Morgan fingerprint density at radius 1 is 1.10 bits per heavy atom. The zero-order chi connectivity index (χ0) is 14.7. The minimum absolute atomic E-state index is 0.262. The molecule has 0 radical (unpaired) electrons. The topological polar surface area (TPSA) is 62.7 Å². The number of ether oxygens (including phenoxy) is 1. The van der Waals surface area contributed by atoms with Crippen LogP contribution in [0, 0.1) is 0 Å². The summed E-state index contributed by atoms with van der Waals surface area (Å²) in [5.74, 6) is 0.262. The molecule has 2 saturated heterocycles. The van der Waals surface area contributed by atoms with E-state index in [1.807, 2.05) is 12.1 Å². The highest BCUT2D eigenvalue weighted by molar-refractivity contribution is 7.86. The second-order valence-electron chi connectivity index (χ2n) is 5.50. The predicted octanol–water partition coefficient (Wildman–Crippen LogP) is 0.838. The van der Waals surface area contributed by atoms with Gasteiger partial charge in [0.25, 0.3) is 10.2 Å². The van der Waals surface area contributed by atoms with Gasteiger partial charge in [-0.05, 0) is 36.5 Å². The van der Waals surface area contributed by atoms with E-state index in [0.717, 1.165) is 12.8 Å². The van der Waals surface area contributed by atoms with Crippen LogP contribution in [0.4, 0.5) is 0 Å². The molecule has 0 unspecified atom stereocenters. The van der Waals surface area contributed by atoms with Crippen LogP contribution in [-0.2, 0) is 14.9 Å². The molecule has 7 heteroatoms. The fourth-order valence-corrected chi connectivity index (χ4v) is 4.67. The fraction of sp³-hybridized carbons (Fsp3) is 0.643. The van der Waals surface area contributed by atoms with Crippen molar-refractivity contribution in [3.05, 3.63) is 30.1 Å². The molecule has 21 heavy (non-hydrogen) atoms. The molecule has 2 fully saturated rings. The molecule has 0 bridgehead atoms. The molecular weight excluding hydrogens is 290 g/mol. The largest absolute Gasteiger partial charge is 0.379 e. The summed E-state index contributed by atoms with van der Waals surface area (Å²) < 4.78 is 33.8. The number of rotatable bonds is 3. The Labute approximate surface area is 125 Å². The third-order valence-electron chi connectivity index (χ3n) is 4.18. The first-order valence-corrected chi connectivity index (χ1v) is 8.80. The van der Waals surface area contributed by atoms with Gasteiger partial charge in [-0.3, -0.25) is 4.98 Å². The maximum Gasteiger partial charge on any atom is 0.282 e. The molecule has 0 N–H and O–H groups in total. The van der Waals surface area contributed by atoms with Crippen molar-refractivity contribution >= 4 is 10.2 Å². The summed E-state index contributed by atoms with van der Waals surface area (Å²) in [6.45, 7) is 3.06. The van der Waals surface area contributed by atoms with Gasteiger partial charge in [0.15, 0.2) is 0 Å². The van der Waals surface area contributed by atoms with E-state index in [2.05, 4.69) is 4.98 Å². The summed E-state index contributed by atoms with van der Waals surface area (Å²) in [7, 11) is -3.35. The van der Waals surface area contributed by atoms with Gasteiger partial charge < -0.3 is 4.74 Å². The number of hydrogen-bond donors (Lipinski definition) is 0. The van der Waals surface area contributed by atoms with Crippen molar-refractivity contribution in [3.8, 4) is 0 Å². The second kappa shape index (κ2) is 6.39. The van der Waals surface area contributed by atoms with Gasteiger partial charge in [-0.25, -0.2) is 0 Å². The molecule has 0 aromatic carbocycles. The first kappa shape index (κ1) is 14.9. The third kappa shape index (κ3) is 3.26. The first-order valence-electron chi connectivity index (χ1n) is 7.41. The maximum absolute atomic E-state index is 12.7. The smallest absolute Gasteiger partial charge is 0.282 e. The van der Waals surface area contributed by atoms with E-state index < -0.39 is 10.2 Å². The van der Waals surface area contributed by atoms with E-state index >= 15 is 0 Å². The molecule has 116 valence electrons. The monoisotopic (exact) mass is 311 g/mol. The van der Waals surface area contributed by atoms with E-state index in [-0.39, 0.29) is 5.92 Å². The molecule has 2 aliphatic heterocycles. The summed E-state index contributed by atoms with van der Waals surface area (Å²) in [6.07, 6.45) is 5.46. The Morgan fingerprint density at radius 3 is 2.52 bits per heavy atom. The molecule has 0 spiro atoms. The summed E-state index contributed by atoms with van der Waals surface area (Å²) in [5, 5.41) is 0. The summed E-state index contributed by atoms with van der Waals surface area (Å²) in [5.41, 5.74) is 1.17. The third-order valence-corrected chi connectivity index (χ3v) is 6.19. The average Bonchev–Trinajstić information content (AvgIpc) is 2.57. The molecule has 0 amide bonds. The van der Waals surface area contributed by atoms with Gasteiger partial charge in [-0.15, -0.1) is 0 Å². The Hall–Kier alpha value is -1.02. The molecular formula is C14H21N3O3S. The highest BCUT2D eigenvalue weighted by Crippen LogP contribution is 2.28. The van der Waals surface area contributed by atoms with Crippen molar-refractivity contribution < 1.29 is 13.2 Å². The molecule has 1 atom stereocenters. The van der Waals surface area contributed by atoms with Gasteiger partial charge in [0.1, 0.15) is 0 Å².